The van der Waals surface area contributed by atoms with E-state index in [-0.39, 0.29) is 18.5 Å². The largest absolute Gasteiger partial charge is 0.486 e. The first kappa shape index (κ1) is 22.7. The number of para-hydroxylation sites is 1. The highest BCUT2D eigenvalue weighted by Crippen LogP contribution is 2.41. The van der Waals surface area contributed by atoms with Gasteiger partial charge in [-0.3, -0.25) is 0 Å². The molecule has 7 nitrogen and oxygen atoms in total. The minimum absolute atomic E-state index is 0.0807. The Hall–Kier alpha value is -3.11. The molecule has 1 aromatic heterocycles. The van der Waals surface area contributed by atoms with Crippen molar-refractivity contribution >= 4 is 0 Å². The van der Waals surface area contributed by atoms with Crippen molar-refractivity contribution in [3.63, 3.8) is 0 Å². The molecule has 0 radical (unpaired) electrons. The second-order valence-electron chi connectivity index (χ2n) is 8.92. The Labute approximate surface area is 194 Å². The highest BCUT2D eigenvalue weighted by atomic mass is 19.4. The van der Waals surface area contributed by atoms with Crippen LogP contribution in [0.5, 0.6) is 11.5 Å². The number of aliphatic hydroxyl groups is 1. The monoisotopic (exact) mass is 474 g/mol. The first-order valence-corrected chi connectivity index (χ1v) is 11.1. The van der Waals surface area contributed by atoms with Gasteiger partial charge in [-0.15, -0.1) is 5.10 Å². The van der Waals surface area contributed by atoms with Gasteiger partial charge in [0.2, 0.25) is 0 Å². The number of fused-ring (bicyclic) bond motifs is 1. The van der Waals surface area contributed by atoms with Crippen LogP contribution in [0, 0.1) is 0 Å². The Balaban J connectivity index is 1.35. The van der Waals surface area contributed by atoms with Gasteiger partial charge in [0, 0.05) is 18.0 Å². The summed E-state index contributed by atoms with van der Waals surface area (Å²) in [4.78, 5) is 0. The fourth-order valence-corrected chi connectivity index (χ4v) is 4.77. The number of rotatable bonds is 4. The lowest BCUT2D eigenvalue weighted by atomic mass is 9.78. The lowest BCUT2D eigenvalue weighted by Gasteiger charge is -2.40. The number of benzene rings is 2. The zero-order chi connectivity index (χ0) is 23.9. The van der Waals surface area contributed by atoms with Crippen LogP contribution in [0.3, 0.4) is 0 Å². The van der Waals surface area contributed by atoms with Gasteiger partial charge in [0.25, 0.3) is 0 Å². The molecule has 0 spiro atoms. The van der Waals surface area contributed by atoms with Crippen molar-refractivity contribution in [3.05, 3.63) is 71.0 Å². The van der Waals surface area contributed by atoms with Crippen molar-refractivity contribution in [1.82, 2.24) is 20.3 Å². The van der Waals surface area contributed by atoms with Crippen LogP contribution in [0.2, 0.25) is 0 Å². The fraction of sp³-hybridized carbons (Fsp3) is 0.417. The molecule has 0 aliphatic carbocycles. The molecule has 3 heterocycles. The van der Waals surface area contributed by atoms with E-state index in [2.05, 4.69) is 15.6 Å². The standard InChI is InChI=1S/C24H25F3N4O3/c1-15-11-23(32,17-5-7-18(8-6-17)24(25,26)27)12-19(28-15)20-14-31(30-29-20)13-16-3-2-4-21-22(16)34-10-9-33-21/h2-8,14-15,19,28,32H,9-13H2,1H3/t15-,19-,23?/m0/s1. The molecule has 0 saturated carbocycles. The molecule has 3 aromatic rings. The summed E-state index contributed by atoms with van der Waals surface area (Å²) in [5, 5.41) is 23.4. The third kappa shape index (κ3) is 4.47. The smallest absolute Gasteiger partial charge is 0.416 e. The molecule has 2 N–H and O–H groups in total. The second kappa shape index (κ2) is 8.59. The van der Waals surface area contributed by atoms with Crippen LogP contribution in [-0.4, -0.2) is 39.4 Å². The van der Waals surface area contributed by atoms with E-state index in [0.717, 1.165) is 17.7 Å². The average molecular weight is 474 g/mol. The summed E-state index contributed by atoms with van der Waals surface area (Å²) in [6, 6.07) is 10.0. The molecular formula is C24H25F3N4O3. The summed E-state index contributed by atoms with van der Waals surface area (Å²) >= 11 is 0. The van der Waals surface area contributed by atoms with Gasteiger partial charge in [-0.2, -0.15) is 13.2 Å². The highest BCUT2D eigenvalue weighted by molar-refractivity contribution is 5.47. The number of hydrogen-bond donors (Lipinski definition) is 2. The molecule has 0 amide bonds. The van der Waals surface area contributed by atoms with Crippen LogP contribution in [-0.2, 0) is 18.3 Å². The summed E-state index contributed by atoms with van der Waals surface area (Å²) in [5.74, 6) is 1.40. The van der Waals surface area contributed by atoms with E-state index in [0.29, 0.717) is 48.9 Å². The lowest BCUT2D eigenvalue weighted by molar-refractivity contribution is -0.137. The fourth-order valence-electron chi connectivity index (χ4n) is 4.77. The molecule has 180 valence electrons. The molecule has 34 heavy (non-hydrogen) atoms. The van der Waals surface area contributed by atoms with Crippen molar-refractivity contribution in [2.24, 2.45) is 0 Å². The summed E-state index contributed by atoms with van der Waals surface area (Å²) < 4.78 is 51.9. The molecule has 1 unspecified atom stereocenters. The first-order valence-electron chi connectivity index (χ1n) is 11.1. The summed E-state index contributed by atoms with van der Waals surface area (Å²) in [6.07, 6.45) is -1.97. The van der Waals surface area contributed by atoms with E-state index in [1.165, 1.54) is 12.1 Å². The van der Waals surface area contributed by atoms with Crippen LogP contribution < -0.4 is 14.8 Å². The van der Waals surface area contributed by atoms with Gasteiger partial charge in [-0.05, 0) is 37.1 Å². The number of alkyl halides is 3. The number of ether oxygens (including phenoxy) is 2. The molecule has 2 aliphatic heterocycles. The zero-order valence-corrected chi connectivity index (χ0v) is 18.5. The molecule has 1 saturated heterocycles. The van der Waals surface area contributed by atoms with Crippen LogP contribution in [0.25, 0.3) is 0 Å². The maximum atomic E-state index is 12.9. The average Bonchev–Trinajstić information content (AvgIpc) is 3.27. The maximum Gasteiger partial charge on any atom is 0.416 e. The Kier molecular flexibility index (Phi) is 5.73. The number of nitrogens with zero attached hydrogens (tertiary/aromatic N) is 3. The van der Waals surface area contributed by atoms with Gasteiger partial charge in [-0.1, -0.05) is 29.5 Å². The van der Waals surface area contributed by atoms with Gasteiger partial charge in [0.05, 0.1) is 35.6 Å². The van der Waals surface area contributed by atoms with E-state index in [1.54, 1.807) is 4.68 Å². The van der Waals surface area contributed by atoms with E-state index in [9.17, 15) is 18.3 Å². The van der Waals surface area contributed by atoms with E-state index in [1.807, 2.05) is 31.3 Å². The van der Waals surface area contributed by atoms with Crippen LogP contribution in [0.15, 0.2) is 48.7 Å². The van der Waals surface area contributed by atoms with Gasteiger partial charge >= 0.3 is 6.18 Å². The van der Waals surface area contributed by atoms with Gasteiger partial charge in [0.1, 0.15) is 13.2 Å². The summed E-state index contributed by atoms with van der Waals surface area (Å²) in [6.45, 7) is 3.36. The quantitative estimate of drug-likeness (QED) is 0.599. The number of aromatic nitrogens is 3. The lowest BCUT2D eigenvalue weighted by Crippen LogP contribution is -2.47. The molecule has 10 heteroatoms. The SMILES string of the molecule is C[C@H]1CC(O)(c2ccc(C(F)(F)F)cc2)C[C@@H](c2cn(Cc3cccc4c3OCCO4)nn2)N1. The minimum Gasteiger partial charge on any atom is -0.486 e. The number of nitrogens with one attached hydrogen (secondary N) is 1. The van der Waals surface area contributed by atoms with Gasteiger partial charge < -0.3 is 19.9 Å². The molecule has 3 atom stereocenters. The molecule has 1 fully saturated rings. The van der Waals surface area contributed by atoms with Crippen molar-refractivity contribution in [1.29, 1.82) is 0 Å². The van der Waals surface area contributed by atoms with E-state index in [4.69, 9.17) is 9.47 Å². The normalized spacial score (nSPS) is 24.7. The highest BCUT2D eigenvalue weighted by Gasteiger charge is 2.41. The van der Waals surface area contributed by atoms with Crippen molar-refractivity contribution in [2.75, 3.05) is 13.2 Å². The van der Waals surface area contributed by atoms with Crippen LogP contribution >= 0.6 is 0 Å². The molecule has 2 aliphatic rings. The third-order valence-electron chi connectivity index (χ3n) is 6.31. The molecule has 2 aromatic carbocycles. The Morgan fingerprint density at radius 3 is 2.65 bits per heavy atom. The van der Waals surface area contributed by atoms with Gasteiger partial charge in [0.15, 0.2) is 11.5 Å². The Bertz CT molecular complexity index is 1170. The van der Waals surface area contributed by atoms with Crippen LogP contribution in [0.4, 0.5) is 13.2 Å². The number of halogens is 3. The summed E-state index contributed by atoms with van der Waals surface area (Å²) in [7, 11) is 0. The Morgan fingerprint density at radius 1 is 1.12 bits per heavy atom. The molecular weight excluding hydrogens is 449 g/mol. The van der Waals surface area contributed by atoms with Crippen molar-refractivity contribution < 1.29 is 27.8 Å². The number of hydrogen-bond acceptors (Lipinski definition) is 6. The summed E-state index contributed by atoms with van der Waals surface area (Å²) in [5.41, 5.74) is 0.00395. The van der Waals surface area contributed by atoms with Crippen LogP contribution in [0.1, 0.15) is 48.2 Å². The Morgan fingerprint density at radius 2 is 1.88 bits per heavy atom. The predicted octanol–water partition coefficient (Wildman–Crippen LogP) is 3.82. The topological polar surface area (TPSA) is 81.4 Å². The minimum atomic E-state index is -4.42. The maximum absolute atomic E-state index is 12.9. The first-order chi connectivity index (χ1) is 16.2. The molecule has 5 rings (SSSR count). The van der Waals surface area contributed by atoms with Crippen molar-refractivity contribution in [3.8, 4) is 11.5 Å². The van der Waals surface area contributed by atoms with E-state index < -0.39 is 17.3 Å². The predicted molar refractivity (Wildman–Crippen MR) is 116 cm³/mol. The van der Waals surface area contributed by atoms with Gasteiger partial charge in [-0.25, -0.2) is 4.68 Å². The second-order valence-corrected chi connectivity index (χ2v) is 8.92. The van der Waals surface area contributed by atoms with Crippen molar-refractivity contribution in [2.45, 2.75) is 50.2 Å². The third-order valence-corrected chi connectivity index (χ3v) is 6.31. The number of piperidine rings is 1. The zero-order valence-electron chi connectivity index (χ0n) is 18.5. The van der Waals surface area contributed by atoms with E-state index >= 15 is 0 Å². The molecule has 0 bridgehead atoms.